The van der Waals surface area contributed by atoms with E-state index in [4.69, 9.17) is 0 Å². The maximum Gasteiger partial charge on any atom is 0.318 e. The Morgan fingerprint density at radius 3 is 2.73 bits per heavy atom. The number of aromatic nitrogens is 1. The molecule has 6 rings (SSSR count). The second kappa shape index (κ2) is 8.50. The lowest BCUT2D eigenvalue weighted by atomic mass is 9.95. The summed E-state index contributed by atoms with van der Waals surface area (Å²) in [7, 11) is 0. The monoisotopic (exact) mass is 473 g/mol. The Kier molecular flexibility index (Phi) is 5.35. The zero-order chi connectivity index (χ0) is 22.4. The molecule has 168 valence electrons. The average molecular weight is 474 g/mol. The van der Waals surface area contributed by atoms with E-state index in [0.29, 0.717) is 13.1 Å². The highest BCUT2D eigenvalue weighted by molar-refractivity contribution is 7.15. The van der Waals surface area contributed by atoms with Crippen molar-refractivity contribution in [2.75, 3.05) is 0 Å². The second-order valence-electron chi connectivity index (χ2n) is 8.99. The molecule has 0 saturated carbocycles. The van der Waals surface area contributed by atoms with Gasteiger partial charge >= 0.3 is 6.03 Å². The van der Waals surface area contributed by atoms with Crippen LogP contribution in [-0.4, -0.2) is 15.5 Å². The predicted octanol–water partition coefficient (Wildman–Crippen LogP) is 6.60. The van der Waals surface area contributed by atoms with Gasteiger partial charge in [-0.1, -0.05) is 35.9 Å². The van der Waals surface area contributed by atoms with E-state index >= 15 is 0 Å². The number of hydrogen-bond acceptors (Lipinski definition) is 3. The third-order valence-corrected chi connectivity index (χ3v) is 9.07. The maximum absolute atomic E-state index is 13.7. The van der Waals surface area contributed by atoms with Crippen molar-refractivity contribution in [1.29, 1.82) is 0 Å². The van der Waals surface area contributed by atoms with Gasteiger partial charge in [0.1, 0.15) is 11.0 Å². The molecule has 2 amide bonds. The third kappa shape index (κ3) is 3.71. The van der Waals surface area contributed by atoms with Crippen LogP contribution in [0.1, 0.15) is 56.6 Å². The quantitative estimate of drug-likeness (QED) is 0.357. The van der Waals surface area contributed by atoms with Crippen LogP contribution >= 0.6 is 22.7 Å². The normalized spacial score (nSPS) is 17.1. The van der Waals surface area contributed by atoms with Crippen molar-refractivity contribution in [2.45, 2.75) is 51.7 Å². The molecule has 33 heavy (non-hydrogen) atoms. The van der Waals surface area contributed by atoms with E-state index in [-0.39, 0.29) is 12.1 Å². The standard InChI is InChI=1S/C27H27N3OS2/c1-18-10-12-19(13-11-18)16-28-27(31)30-17-21-20-6-2-3-8-23(20)33-26(21)29-14-4-7-22(29)25(30)24-9-5-15-32-24/h4-5,7,9-15,25H,2-3,6,8,16-17H2,1H3,(H,28,31)/t25-/m1/s1. The molecule has 0 radical (unpaired) electrons. The molecule has 0 saturated heterocycles. The van der Waals surface area contributed by atoms with Gasteiger partial charge in [0.15, 0.2) is 0 Å². The molecule has 0 spiro atoms. The number of thiophene rings is 2. The summed E-state index contributed by atoms with van der Waals surface area (Å²) in [6, 6.07) is 16.8. The van der Waals surface area contributed by atoms with Crippen LogP contribution in [0, 0.1) is 6.92 Å². The minimum atomic E-state index is -0.100. The summed E-state index contributed by atoms with van der Waals surface area (Å²) < 4.78 is 2.34. The van der Waals surface area contributed by atoms with Crippen LogP contribution < -0.4 is 5.32 Å². The van der Waals surface area contributed by atoms with Gasteiger partial charge in [-0.3, -0.25) is 0 Å². The van der Waals surface area contributed by atoms with Crippen molar-refractivity contribution in [2.24, 2.45) is 0 Å². The number of benzene rings is 1. The number of urea groups is 1. The van der Waals surface area contributed by atoms with Crippen molar-refractivity contribution in [3.05, 3.63) is 97.8 Å². The molecule has 6 heteroatoms. The Hall–Kier alpha value is -2.83. The molecule has 4 aromatic rings. The molecule has 4 nitrogen and oxygen atoms in total. The van der Waals surface area contributed by atoms with Crippen molar-refractivity contribution in [3.8, 4) is 5.00 Å². The fourth-order valence-corrected chi connectivity index (χ4v) is 7.37. The largest absolute Gasteiger partial charge is 0.334 e. The van der Waals surface area contributed by atoms with Crippen molar-refractivity contribution in [3.63, 3.8) is 0 Å². The van der Waals surface area contributed by atoms with E-state index in [1.807, 2.05) is 11.3 Å². The van der Waals surface area contributed by atoms with Gasteiger partial charge in [0.2, 0.25) is 0 Å². The van der Waals surface area contributed by atoms with Crippen molar-refractivity contribution < 1.29 is 4.79 Å². The van der Waals surface area contributed by atoms with Gasteiger partial charge in [0.05, 0.1) is 12.2 Å². The fourth-order valence-electron chi connectivity index (χ4n) is 5.12. The van der Waals surface area contributed by atoms with E-state index in [1.54, 1.807) is 11.3 Å². The minimum Gasteiger partial charge on any atom is -0.334 e. The summed E-state index contributed by atoms with van der Waals surface area (Å²) in [5.74, 6) is 0. The van der Waals surface area contributed by atoms with E-state index in [2.05, 4.69) is 81.8 Å². The Labute approximate surface area is 202 Å². The number of rotatable bonds is 3. The maximum atomic E-state index is 13.7. The molecular formula is C27H27N3OS2. The smallest absolute Gasteiger partial charge is 0.318 e. The summed E-state index contributed by atoms with van der Waals surface area (Å²) >= 11 is 3.65. The number of carbonyl (C=O) groups is 1. The van der Waals surface area contributed by atoms with Gasteiger partial charge in [0, 0.05) is 28.1 Å². The number of hydrogen-bond donors (Lipinski definition) is 1. The van der Waals surface area contributed by atoms with Crippen molar-refractivity contribution >= 4 is 28.7 Å². The molecule has 0 fully saturated rings. The molecule has 1 atom stereocenters. The van der Waals surface area contributed by atoms with Crippen LogP contribution in [0.15, 0.2) is 60.1 Å². The summed E-state index contributed by atoms with van der Waals surface area (Å²) in [4.78, 5) is 18.5. The number of amides is 2. The highest BCUT2D eigenvalue weighted by atomic mass is 32.1. The van der Waals surface area contributed by atoms with Crippen LogP contribution in [0.25, 0.3) is 5.00 Å². The van der Waals surface area contributed by atoms with Crippen LogP contribution in [-0.2, 0) is 25.9 Å². The van der Waals surface area contributed by atoms with Crippen LogP contribution in [0.4, 0.5) is 4.79 Å². The second-order valence-corrected chi connectivity index (χ2v) is 11.1. The molecule has 2 aliphatic rings. The Morgan fingerprint density at radius 2 is 1.91 bits per heavy atom. The van der Waals surface area contributed by atoms with Gasteiger partial charge in [0.25, 0.3) is 0 Å². The SMILES string of the molecule is Cc1ccc(CNC(=O)N2Cc3c(sc4c3CCCC4)-n3cccc3[C@@H]2c2cccs2)cc1. The molecule has 1 aromatic carbocycles. The summed E-state index contributed by atoms with van der Waals surface area (Å²) in [6.45, 7) is 3.26. The molecule has 1 aliphatic carbocycles. The van der Waals surface area contributed by atoms with Gasteiger partial charge in [-0.2, -0.15) is 0 Å². The lowest BCUT2D eigenvalue weighted by molar-refractivity contribution is 0.181. The minimum absolute atomic E-state index is 0.00895. The number of carbonyl (C=O) groups excluding carboxylic acids is 1. The highest BCUT2D eigenvalue weighted by Crippen LogP contribution is 2.44. The van der Waals surface area contributed by atoms with E-state index < -0.39 is 0 Å². The van der Waals surface area contributed by atoms with Crippen LogP contribution in [0.5, 0.6) is 0 Å². The molecular weight excluding hydrogens is 446 g/mol. The zero-order valence-corrected chi connectivity index (χ0v) is 20.3. The van der Waals surface area contributed by atoms with Gasteiger partial charge in [-0.25, -0.2) is 4.79 Å². The van der Waals surface area contributed by atoms with Crippen LogP contribution in [0.2, 0.25) is 0 Å². The summed E-state index contributed by atoms with van der Waals surface area (Å²) in [5.41, 5.74) is 6.35. The summed E-state index contributed by atoms with van der Waals surface area (Å²) in [5, 5.41) is 6.63. The first-order valence-electron chi connectivity index (χ1n) is 11.6. The number of nitrogens with zero attached hydrogens (tertiary/aromatic N) is 2. The highest BCUT2D eigenvalue weighted by Gasteiger charge is 2.36. The van der Waals surface area contributed by atoms with Gasteiger partial charge in [-0.05, 0) is 67.3 Å². The zero-order valence-electron chi connectivity index (χ0n) is 18.7. The first-order valence-corrected chi connectivity index (χ1v) is 13.3. The van der Waals surface area contributed by atoms with Crippen molar-refractivity contribution in [1.82, 2.24) is 14.8 Å². The van der Waals surface area contributed by atoms with Gasteiger partial charge < -0.3 is 14.8 Å². The molecule has 1 aliphatic heterocycles. The van der Waals surface area contributed by atoms with Crippen LogP contribution in [0.3, 0.4) is 0 Å². The Bertz CT molecular complexity index is 1280. The third-order valence-electron chi connectivity index (χ3n) is 6.82. The predicted molar refractivity (Wildman–Crippen MR) is 135 cm³/mol. The molecule has 1 N–H and O–H groups in total. The molecule has 0 bridgehead atoms. The Morgan fingerprint density at radius 1 is 1.06 bits per heavy atom. The Balaban J connectivity index is 1.41. The first-order chi connectivity index (χ1) is 16.2. The van der Waals surface area contributed by atoms with E-state index in [0.717, 1.165) is 18.4 Å². The topological polar surface area (TPSA) is 37.3 Å². The van der Waals surface area contributed by atoms with E-state index in [9.17, 15) is 4.79 Å². The number of nitrogens with one attached hydrogen (secondary N) is 1. The average Bonchev–Trinajstić information content (AvgIpc) is 3.58. The molecule has 0 unspecified atom stereocenters. The number of aryl methyl sites for hydroxylation is 2. The van der Waals surface area contributed by atoms with E-state index in [1.165, 1.54) is 50.0 Å². The lowest BCUT2D eigenvalue weighted by Crippen LogP contribution is -2.41. The molecule has 4 heterocycles. The lowest BCUT2D eigenvalue weighted by Gasteiger charge is -2.30. The number of fused-ring (bicyclic) bond motifs is 5. The fraction of sp³-hybridized carbons (Fsp3) is 0.296. The summed E-state index contributed by atoms with van der Waals surface area (Å²) in [6.07, 6.45) is 6.97. The first kappa shape index (κ1) is 20.8. The molecule has 3 aromatic heterocycles. The van der Waals surface area contributed by atoms with Gasteiger partial charge in [-0.15, -0.1) is 22.7 Å².